The highest BCUT2D eigenvalue weighted by atomic mass is 15.1. The van der Waals surface area contributed by atoms with Crippen molar-refractivity contribution in [2.75, 3.05) is 6.54 Å². The number of nitrogens with zero attached hydrogens (tertiary/aromatic N) is 2. The Kier molecular flexibility index (Phi) is 2.64. The summed E-state index contributed by atoms with van der Waals surface area (Å²) in [5.41, 5.74) is 1.33. The third kappa shape index (κ3) is 1.75. The molecule has 13 heavy (non-hydrogen) atoms. The molecule has 3 nitrogen and oxygen atoms in total. The lowest BCUT2D eigenvalue weighted by Gasteiger charge is -2.28. The summed E-state index contributed by atoms with van der Waals surface area (Å²) in [4.78, 5) is 4.20. The van der Waals surface area contributed by atoms with Crippen LogP contribution in [0.25, 0.3) is 0 Å². The second kappa shape index (κ2) is 3.92. The number of aromatic nitrogens is 2. The van der Waals surface area contributed by atoms with Crippen molar-refractivity contribution in [2.45, 2.75) is 38.8 Å². The van der Waals surface area contributed by atoms with Gasteiger partial charge in [0.1, 0.15) is 0 Å². The lowest BCUT2D eigenvalue weighted by atomic mass is 9.93. The van der Waals surface area contributed by atoms with Crippen molar-refractivity contribution in [3.8, 4) is 0 Å². The number of rotatable bonds is 4. The van der Waals surface area contributed by atoms with Crippen molar-refractivity contribution in [3.05, 3.63) is 18.2 Å². The van der Waals surface area contributed by atoms with Gasteiger partial charge < -0.3 is 9.88 Å². The SMILES string of the molecule is CCNCc1cncn1C1CCC1. The van der Waals surface area contributed by atoms with Crippen LogP contribution in [0.2, 0.25) is 0 Å². The van der Waals surface area contributed by atoms with Crippen LogP contribution in [0, 0.1) is 0 Å². The van der Waals surface area contributed by atoms with E-state index in [1.807, 2.05) is 12.5 Å². The van der Waals surface area contributed by atoms with Crippen LogP contribution < -0.4 is 5.32 Å². The minimum Gasteiger partial charge on any atom is -0.330 e. The number of hydrogen-bond acceptors (Lipinski definition) is 2. The Morgan fingerprint density at radius 1 is 1.62 bits per heavy atom. The molecule has 1 heterocycles. The van der Waals surface area contributed by atoms with Gasteiger partial charge in [-0.3, -0.25) is 0 Å². The average Bonchev–Trinajstić information content (AvgIpc) is 2.46. The van der Waals surface area contributed by atoms with Crippen molar-refractivity contribution >= 4 is 0 Å². The summed E-state index contributed by atoms with van der Waals surface area (Å²) >= 11 is 0. The normalized spacial score (nSPS) is 17.3. The molecule has 1 aromatic heterocycles. The Morgan fingerprint density at radius 2 is 2.46 bits per heavy atom. The van der Waals surface area contributed by atoms with Crippen LogP contribution in [0.3, 0.4) is 0 Å². The van der Waals surface area contributed by atoms with Gasteiger partial charge in [0.15, 0.2) is 0 Å². The molecule has 0 radical (unpaired) electrons. The van der Waals surface area contributed by atoms with E-state index in [0.717, 1.165) is 19.1 Å². The Morgan fingerprint density at radius 3 is 3.08 bits per heavy atom. The molecule has 0 unspecified atom stereocenters. The maximum atomic E-state index is 4.20. The first-order chi connectivity index (χ1) is 6.42. The zero-order chi connectivity index (χ0) is 9.10. The van der Waals surface area contributed by atoms with Gasteiger partial charge in [-0.05, 0) is 25.8 Å². The van der Waals surface area contributed by atoms with Crippen LogP contribution in [-0.2, 0) is 6.54 Å². The van der Waals surface area contributed by atoms with E-state index in [4.69, 9.17) is 0 Å². The Bertz CT molecular complexity index is 263. The molecular formula is C10H17N3. The molecule has 0 saturated heterocycles. The van der Waals surface area contributed by atoms with E-state index in [0.29, 0.717) is 0 Å². The molecule has 1 N–H and O–H groups in total. The number of nitrogens with one attached hydrogen (secondary N) is 1. The molecule has 0 amide bonds. The van der Waals surface area contributed by atoms with Gasteiger partial charge in [0.2, 0.25) is 0 Å². The molecule has 1 aromatic rings. The summed E-state index contributed by atoms with van der Waals surface area (Å²) in [7, 11) is 0. The van der Waals surface area contributed by atoms with Crippen LogP contribution in [-0.4, -0.2) is 16.1 Å². The fraction of sp³-hybridized carbons (Fsp3) is 0.700. The monoisotopic (exact) mass is 179 g/mol. The molecular weight excluding hydrogens is 162 g/mol. The van der Waals surface area contributed by atoms with Gasteiger partial charge in [-0.2, -0.15) is 0 Å². The van der Waals surface area contributed by atoms with E-state index in [-0.39, 0.29) is 0 Å². The van der Waals surface area contributed by atoms with Crippen molar-refractivity contribution in [1.29, 1.82) is 0 Å². The van der Waals surface area contributed by atoms with Gasteiger partial charge >= 0.3 is 0 Å². The minimum atomic E-state index is 0.733. The van der Waals surface area contributed by atoms with Crippen LogP contribution in [0.15, 0.2) is 12.5 Å². The van der Waals surface area contributed by atoms with Gasteiger partial charge in [0, 0.05) is 18.8 Å². The predicted octanol–water partition coefficient (Wildman–Crippen LogP) is 1.72. The van der Waals surface area contributed by atoms with Crippen molar-refractivity contribution in [2.24, 2.45) is 0 Å². The summed E-state index contributed by atoms with van der Waals surface area (Å²) < 4.78 is 2.33. The molecule has 3 heteroatoms. The largest absolute Gasteiger partial charge is 0.330 e. The fourth-order valence-electron chi connectivity index (χ4n) is 1.72. The standard InChI is InChI=1S/C10H17N3/c1-2-11-6-10-7-12-8-13(10)9-4-3-5-9/h7-9,11H,2-6H2,1H3. The number of hydrogen-bond donors (Lipinski definition) is 1. The Balaban J connectivity index is 2.02. The Hall–Kier alpha value is -0.830. The zero-order valence-corrected chi connectivity index (χ0v) is 8.16. The molecule has 1 saturated carbocycles. The first kappa shape index (κ1) is 8.75. The lowest BCUT2D eigenvalue weighted by Crippen LogP contribution is -2.21. The first-order valence-corrected chi connectivity index (χ1v) is 5.13. The van der Waals surface area contributed by atoms with Crippen LogP contribution >= 0.6 is 0 Å². The average molecular weight is 179 g/mol. The molecule has 0 aromatic carbocycles. The lowest BCUT2D eigenvalue weighted by molar-refractivity contribution is 0.305. The highest BCUT2D eigenvalue weighted by molar-refractivity contribution is 5.01. The maximum absolute atomic E-state index is 4.20. The second-order valence-corrected chi connectivity index (χ2v) is 3.66. The molecule has 0 spiro atoms. The zero-order valence-electron chi connectivity index (χ0n) is 8.16. The molecule has 2 rings (SSSR count). The molecule has 1 fully saturated rings. The van der Waals surface area contributed by atoms with E-state index in [9.17, 15) is 0 Å². The topological polar surface area (TPSA) is 29.9 Å². The van der Waals surface area contributed by atoms with Gasteiger partial charge in [-0.15, -0.1) is 0 Å². The molecule has 0 atom stereocenters. The van der Waals surface area contributed by atoms with Crippen LogP contribution in [0.1, 0.15) is 37.9 Å². The smallest absolute Gasteiger partial charge is 0.0951 e. The highest BCUT2D eigenvalue weighted by Gasteiger charge is 2.20. The van der Waals surface area contributed by atoms with Gasteiger partial charge in [-0.25, -0.2) is 4.98 Å². The van der Waals surface area contributed by atoms with E-state index in [1.165, 1.54) is 25.0 Å². The predicted molar refractivity (Wildman–Crippen MR) is 52.5 cm³/mol. The van der Waals surface area contributed by atoms with E-state index in [1.54, 1.807) is 0 Å². The van der Waals surface area contributed by atoms with Gasteiger partial charge in [-0.1, -0.05) is 6.92 Å². The molecule has 0 bridgehead atoms. The van der Waals surface area contributed by atoms with E-state index >= 15 is 0 Å². The van der Waals surface area contributed by atoms with Crippen LogP contribution in [0.4, 0.5) is 0 Å². The first-order valence-electron chi connectivity index (χ1n) is 5.13. The fourth-order valence-corrected chi connectivity index (χ4v) is 1.72. The molecule has 1 aliphatic rings. The summed E-state index contributed by atoms with van der Waals surface area (Å²) in [6.07, 6.45) is 7.98. The van der Waals surface area contributed by atoms with E-state index < -0.39 is 0 Å². The third-order valence-corrected chi connectivity index (χ3v) is 2.77. The molecule has 72 valence electrons. The molecule has 1 aliphatic carbocycles. The van der Waals surface area contributed by atoms with Crippen LogP contribution in [0.5, 0.6) is 0 Å². The van der Waals surface area contributed by atoms with Crippen molar-refractivity contribution in [3.63, 3.8) is 0 Å². The van der Waals surface area contributed by atoms with E-state index in [2.05, 4.69) is 21.8 Å². The second-order valence-electron chi connectivity index (χ2n) is 3.66. The van der Waals surface area contributed by atoms with Crippen molar-refractivity contribution in [1.82, 2.24) is 14.9 Å². The number of imidazole rings is 1. The summed E-state index contributed by atoms with van der Waals surface area (Å²) in [5, 5.41) is 3.33. The minimum absolute atomic E-state index is 0.733. The summed E-state index contributed by atoms with van der Waals surface area (Å²) in [6, 6.07) is 0.733. The Labute approximate surface area is 79.2 Å². The maximum Gasteiger partial charge on any atom is 0.0951 e. The summed E-state index contributed by atoms with van der Waals surface area (Å²) in [6.45, 7) is 4.10. The van der Waals surface area contributed by atoms with Gasteiger partial charge in [0.05, 0.1) is 12.0 Å². The van der Waals surface area contributed by atoms with Gasteiger partial charge in [0.25, 0.3) is 0 Å². The highest BCUT2D eigenvalue weighted by Crippen LogP contribution is 2.32. The summed E-state index contributed by atoms with van der Waals surface area (Å²) in [5.74, 6) is 0. The third-order valence-electron chi connectivity index (χ3n) is 2.77. The molecule has 0 aliphatic heterocycles. The van der Waals surface area contributed by atoms with Crippen molar-refractivity contribution < 1.29 is 0 Å². The quantitative estimate of drug-likeness (QED) is 0.762.